The van der Waals surface area contributed by atoms with Gasteiger partial charge in [0.25, 0.3) is 0 Å². The lowest BCUT2D eigenvalue weighted by Crippen LogP contribution is -2.15. The summed E-state index contributed by atoms with van der Waals surface area (Å²) in [6, 6.07) is 0. The molecule has 14 heavy (non-hydrogen) atoms. The summed E-state index contributed by atoms with van der Waals surface area (Å²) in [5.41, 5.74) is 0. The van der Waals surface area contributed by atoms with Crippen molar-refractivity contribution < 1.29 is 18.9 Å². The summed E-state index contributed by atoms with van der Waals surface area (Å²) < 4.78 is 21.0. The largest absolute Gasteiger partial charge is 0.356 e. The van der Waals surface area contributed by atoms with Gasteiger partial charge < -0.3 is 18.9 Å². The number of halogens is 1. The molecule has 0 saturated heterocycles. The number of hydrogen-bond donors (Lipinski definition) is 0. The lowest BCUT2D eigenvalue weighted by Gasteiger charge is -2.14. The minimum atomic E-state index is -0.371. The average Bonchev–Trinajstić information content (AvgIpc) is 2.21. The second kappa shape index (κ2) is 8.38. The van der Waals surface area contributed by atoms with E-state index in [1.54, 1.807) is 28.4 Å². The molecule has 84 valence electrons. The van der Waals surface area contributed by atoms with E-state index in [0.29, 0.717) is 6.42 Å². The molecular formula is C9H17BrO4. The van der Waals surface area contributed by atoms with E-state index >= 15 is 0 Å². The first kappa shape index (κ1) is 14.1. The van der Waals surface area contributed by atoms with E-state index in [0.717, 1.165) is 4.48 Å². The Bertz CT molecular complexity index is 164. The van der Waals surface area contributed by atoms with Gasteiger partial charge in [-0.3, -0.25) is 0 Å². The monoisotopic (exact) mass is 268 g/mol. The zero-order chi connectivity index (χ0) is 11.0. The van der Waals surface area contributed by atoms with Crippen LogP contribution in [0.1, 0.15) is 6.42 Å². The van der Waals surface area contributed by atoms with Crippen LogP contribution in [0.4, 0.5) is 0 Å². The van der Waals surface area contributed by atoms with Gasteiger partial charge in [-0.25, -0.2) is 0 Å². The van der Waals surface area contributed by atoms with E-state index in [1.165, 1.54) is 0 Å². The molecule has 0 spiro atoms. The second-order valence-electron chi connectivity index (χ2n) is 2.53. The molecule has 0 aromatic rings. The minimum Gasteiger partial charge on any atom is -0.356 e. The Labute approximate surface area is 93.3 Å². The fourth-order valence-corrected chi connectivity index (χ4v) is 1.48. The zero-order valence-electron chi connectivity index (χ0n) is 8.95. The topological polar surface area (TPSA) is 36.9 Å². The number of ether oxygens (including phenoxy) is 4. The molecule has 0 aromatic heterocycles. The van der Waals surface area contributed by atoms with Crippen LogP contribution in [-0.4, -0.2) is 41.0 Å². The van der Waals surface area contributed by atoms with E-state index < -0.39 is 0 Å². The van der Waals surface area contributed by atoms with Crippen molar-refractivity contribution in [3.8, 4) is 0 Å². The molecule has 4 nitrogen and oxygen atoms in total. The normalized spacial score (nSPS) is 12.9. The molecule has 0 amide bonds. The maximum Gasteiger partial charge on any atom is 0.189 e. The summed E-state index contributed by atoms with van der Waals surface area (Å²) in [6.45, 7) is 0. The van der Waals surface area contributed by atoms with Crippen molar-refractivity contribution in [1.29, 1.82) is 0 Å². The van der Waals surface area contributed by atoms with Gasteiger partial charge in [0.1, 0.15) is 0 Å². The van der Waals surface area contributed by atoms with Crippen LogP contribution in [0.15, 0.2) is 10.6 Å². The average molecular weight is 269 g/mol. The maximum atomic E-state index is 5.04. The fraction of sp³-hybridized carbons (Fsp3) is 0.778. The summed E-state index contributed by atoms with van der Waals surface area (Å²) in [5.74, 6) is 0. The number of rotatable bonds is 7. The predicted molar refractivity (Wildman–Crippen MR) is 57.2 cm³/mol. The quantitative estimate of drug-likeness (QED) is 0.661. The van der Waals surface area contributed by atoms with Gasteiger partial charge in [0, 0.05) is 39.3 Å². The molecule has 0 aliphatic heterocycles. The third-order valence-corrected chi connectivity index (χ3v) is 2.38. The van der Waals surface area contributed by atoms with E-state index in [4.69, 9.17) is 18.9 Å². The lowest BCUT2D eigenvalue weighted by molar-refractivity contribution is -0.0995. The SMILES string of the molecule is COC(C/C=C(\Br)C(OC)OC)OC. The highest BCUT2D eigenvalue weighted by molar-refractivity contribution is 9.11. The molecule has 0 rings (SSSR count). The van der Waals surface area contributed by atoms with Crippen molar-refractivity contribution in [3.05, 3.63) is 10.6 Å². The van der Waals surface area contributed by atoms with E-state index in [1.807, 2.05) is 6.08 Å². The number of hydrogen-bond acceptors (Lipinski definition) is 4. The van der Waals surface area contributed by atoms with Crippen molar-refractivity contribution >= 4 is 15.9 Å². The third-order valence-electron chi connectivity index (χ3n) is 1.68. The van der Waals surface area contributed by atoms with Gasteiger partial charge in [-0.05, 0) is 0 Å². The van der Waals surface area contributed by atoms with Gasteiger partial charge in [0.05, 0.1) is 0 Å². The molecule has 0 aliphatic carbocycles. The Morgan fingerprint density at radius 3 is 1.93 bits per heavy atom. The van der Waals surface area contributed by atoms with Crippen molar-refractivity contribution in [2.75, 3.05) is 28.4 Å². The van der Waals surface area contributed by atoms with Gasteiger partial charge >= 0.3 is 0 Å². The molecule has 0 radical (unpaired) electrons. The molecular weight excluding hydrogens is 252 g/mol. The highest BCUT2D eigenvalue weighted by atomic mass is 79.9. The van der Waals surface area contributed by atoms with Gasteiger partial charge in [-0.2, -0.15) is 0 Å². The fourth-order valence-electron chi connectivity index (χ4n) is 0.915. The van der Waals surface area contributed by atoms with E-state index in [-0.39, 0.29) is 12.6 Å². The molecule has 0 N–H and O–H groups in total. The molecule has 0 unspecified atom stereocenters. The van der Waals surface area contributed by atoms with Crippen LogP contribution in [0.25, 0.3) is 0 Å². The molecule has 0 saturated carbocycles. The summed E-state index contributed by atoms with van der Waals surface area (Å²) in [5, 5.41) is 0. The molecule has 0 aliphatic rings. The van der Waals surface area contributed by atoms with Crippen molar-refractivity contribution in [2.45, 2.75) is 19.0 Å². The van der Waals surface area contributed by atoms with Crippen LogP contribution in [-0.2, 0) is 18.9 Å². The van der Waals surface area contributed by atoms with E-state index in [2.05, 4.69) is 15.9 Å². The highest BCUT2D eigenvalue weighted by Gasteiger charge is 2.10. The summed E-state index contributed by atoms with van der Waals surface area (Å²) in [7, 11) is 6.35. The van der Waals surface area contributed by atoms with Crippen molar-refractivity contribution in [2.24, 2.45) is 0 Å². The summed E-state index contributed by atoms with van der Waals surface area (Å²) in [6.07, 6.45) is 1.92. The van der Waals surface area contributed by atoms with Crippen LogP contribution in [0.3, 0.4) is 0 Å². The zero-order valence-corrected chi connectivity index (χ0v) is 10.5. The van der Waals surface area contributed by atoms with Crippen LogP contribution in [0, 0.1) is 0 Å². The first-order chi connectivity index (χ1) is 6.69. The Kier molecular flexibility index (Phi) is 8.41. The first-order valence-electron chi connectivity index (χ1n) is 4.16. The standard InChI is InChI=1S/C9H17BrO4/c1-11-8(12-2)6-5-7(10)9(13-3)14-4/h5,8-9H,6H2,1-4H3/b7-5-. The molecule has 0 heterocycles. The smallest absolute Gasteiger partial charge is 0.189 e. The predicted octanol–water partition coefficient (Wildman–Crippen LogP) is 1.89. The van der Waals surface area contributed by atoms with Crippen LogP contribution >= 0.6 is 15.9 Å². The van der Waals surface area contributed by atoms with Crippen LogP contribution < -0.4 is 0 Å². The summed E-state index contributed by atoms with van der Waals surface area (Å²) in [4.78, 5) is 0. The Morgan fingerprint density at radius 2 is 1.57 bits per heavy atom. The highest BCUT2D eigenvalue weighted by Crippen LogP contribution is 2.16. The number of methoxy groups -OCH3 is 4. The van der Waals surface area contributed by atoms with E-state index in [9.17, 15) is 0 Å². The van der Waals surface area contributed by atoms with Gasteiger partial charge in [-0.1, -0.05) is 22.0 Å². The summed E-state index contributed by atoms with van der Waals surface area (Å²) >= 11 is 3.35. The van der Waals surface area contributed by atoms with Crippen LogP contribution in [0.2, 0.25) is 0 Å². The Balaban J connectivity index is 4.08. The molecule has 0 atom stereocenters. The Morgan fingerprint density at radius 1 is 1.07 bits per heavy atom. The van der Waals surface area contributed by atoms with Gasteiger partial charge in [0.15, 0.2) is 12.6 Å². The van der Waals surface area contributed by atoms with Crippen molar-refractivity contribution in [1.82, 2.24) is 0 Å². The Hall–Kier alpha value is 0.0600. The van der Waals surface area contributed by atoms with Crippen molar-refractivity contribution in [3.63, 3.8) is 0 Å². The maximum absolute atomic E-state index is 5.04. The second-order valence-corrected chi connectivity index (χ2v) is 3.44. The van der Waals surface area contributed by atoms with Gasteiger partial charge in [-0.15, -0.1) is 0 Å². The third kappa shape index (κ3) is 5.07. The lowest BCUT2D eigenvalue weighted by atomic mass is 10.3. The molecule has 0 fully saturated rings. The molecule has 5 heteroatoms. The van der Waals surface area contributed by atoms with Crippen LogP contribution in [0.5, 0.6) is 0 Å². The first-order valence-corrected chi connectivity index (χ1v) is 4.95. The molecule has 0 aromatic carbocycles. The minimum absolute atomic E-state index is 0.239. The van der Waals surface area contributed by atoms with Gasteiger partial charge in [0.2, 0.25) is 0 Å². The molecule has 0 bridgehead atoms.